The Morgan fingerprint density at radius 1 is 1.21 bits per heavy atom. The van der Waals surface area contributed by atoms with Crippen LogP contribution < -0.4 is 10.9 Å². The van der Waals surface area contributed by atoms with Crippen molar-refractivity contribution in [1.82, 2.24) is 14.5 Å². The maximum atomic E-state index is 12.8. The second-order valence-electron chi connectivity index (χ2n) is 8.74. The van der Waals surface area contributed by atoms with E-state index in [-0.39, 0.29) is 29.7 Å². The number of nitrogens with zero attached hydrogens (tertiary/aromatic N) is 3. The molecule has 1 aliphatic rings. The highest BCUT2D eigenvalue weighted by Crippen LogP contribution is 2.22. The summed E-state index contributed by atoms with van der Waals surface area (Å²) in [5.74, 6) is 0.329. The molecule has 1 aromatic heterocycles. The molecule has 1 saturated heterocycles. The average Bonchev–Trinajstić information content (AvgIpc) is 3.01. The summed E-state index contributed by atoms with van der Waals surface area (Å²) in [6.45, 7) is 10.1. The van der Waals surface area contributed by atoms with Crippen LogP contribution in [-0.2, 0) is 16.1 Å². The second-order valence-corrected chi connectivity index (χ2v) is 8.74. The van der Waals surface area contributed by atoms with Crippen molar-refractivity contribution >= 4 is 28.4 Å². The lowest BCUT2D eigenvalue weighted by atomic mass is 10.1. The van der Waals surface area contributed by atoms with Gasteiger partial charge in [0.25, 0.3) is 5.56 Å². The molecule has 0 bridgehead atoms. The van der Waals surface area contributed by atoms with Crippen LogP contribution in [0.5, 0.6) is 0 Å². The average molecular weight is 399 g/mol. The van der Waals surface area contributed by atoms with Crippen molar-refractivity contribution in [2.45, 2.75) is 47.1 Å². The fraction of sp³-hybridized carbons (Fsp3) is 0.545. The van der Waals surface area contributed by atoms with Crippen molar-refractivity contribution < 1.29 is 9.59 Å². The summed E-state index contributed by atoms with van der Waals surface area (Å²) in [5, 5.41) is 3.36. The Balaban J connectivity index is 1.75. The number of rotatable bonds is 7. The summed E-state index contributed by atoms with van der Waals surface area (Å²) in [7, 11) is 0. The third kappa shape index (κ3) is 5.02. The molecule has 1 unspecified atom stereocenters. The minimum atomic E-state index is -0.367. The number of carbonyl (C=O) groups is 2. The number of benzene rings is 1. The van der Waals surface area contributed by atoms with Gasteiger partial charge in [-0.1, -0.05) is 27.7 Å². The van der Waals surface area contributed by atoms with E-state index in [1.54, 1.807) is 34.0 Å². The number of likely N-dealkylation sites (tertiary alicyclic amines) is 1. The predicted octanol–water partition coefficient (Wildman–Crippen LogP) is 2.89. The van der Waals surface area contributed by atoms with Crippen LogP contribution in [-0.4, -0.2) is 39.4 Å². The standard InChI is InChI=1S/C22H30N4O3/c1-14(2)7-8-25-13-23-19-6-5-17(10-18(19)22(25)29)24-21(28)16-9-20(27)26(12-16)11-15(3)4/h5-6,10,13-16H,7-9,11-12H2,1-4H3,(H,24,28). The lowest BCUT2D eigenvalue weighted by molar-refractivity contribution is -0.128. The monoisotopic (exact) mass is 398 g/mol. The molecule has 2 amide bonds. The van der Waals surface area contributed by atoms with Crippen molar-refractivity contribution in [2.24, 2.45) is 17.8 Å². The largest absolute Gasteiger partial charge is 0.342 e. The summed E-state index contributed by atoms with van der Waals surface area (Å²) in [5.41, 5.74) is 1.05. The molecule has 1 N–H and O–H groups in total. The van der Waals surface area contributed by atoms with E-state index in [1.807, 2.05) is 0 Å². The van der Waals surface area contributed by atoms with Crippen molar-refractivity contribution in [3.05, 3.63) is 34.9 Å². The van der Waals surface area contributed by atoms with Crippen LogP contribution in [0.15, 0.2) is 29.3 Å². The van der Waals surface area contributed by atoms with Gasteiger partial charge >= 0.3 is 0 Å². The van der Waals surface area contributed by atoms with Gasteiger partial charge in [-0.25, -0.2) is 4.98 Å². The molecule has 7 nitrogen and oxygen atoms in total. The van der Waals surface area contributed by atoms with Crippen LogP contribution in [0, 0.1) is 17.8 Å². The van der Waals surface area contributed by atoms with Crippen LogP contribution in [0.2, 0.25) is 0 Å². The number of nitrogens with one attached hydrogen (secondary N) is 1. The van der Waals surface area contributed by atoms with Crippen LogP contribution in [0.4, 0.5) is 5.69 Å². The Bertz CT molecular complexity index is 964. The lowest BCUT2D eigenvalue weighted by Crippen LogP contribution is -2.31. The van der Waals surface area contributed by atoms with Gasteiger partial charge in [0, 0.05) is 31.7 Å². The van der Waals surface area contributed by atoms with E-state index in [1.165, 1.54) is 0 Å². The van der Waals surface area contributed by atoms with E-state index >= 15 is 0 Å². The van der Waals surface area contributed by atoms with E-state index in [9.17, 15) is 14.4 Å². The second kappa shape index (κ2) is 8.76. The van der Waals surface area contributed by atoms with E-state index in [4.69, 9.17) is 0 Å². The molecule has 3 rings (SSSR count). The number of fused-ring (bicyclic) bond motifs is 1. The molecule has 7 heteroatoms. The fourth-order valence-corrected chi connectivity index (χ4v) is 3.60. The zero-order chi connectivity index (χ0) is 21.1. The maximum Gasteiger partial charge on any atom is 0.261 e. The molecule has 1 aromatic carbocycles. The molecule has 1 fully saturated rings. The zero-order valence-electron chi connectivity index (χ0n) is 17.6. The van der Waals surface area contributed by atoms with Crippen LogP contribution in [0.3, 0.4) is 0 Å². The van der Waals surface area contributed by atoms with E-state index in [0.717, 1.165) is 6.42 Å². The molecule has 2 aromatic rings. The Labute approximate surface area is 171 Å². The first-order chi connectivity index (χ1) is 13.7. The van der Waals surface area contributed by atoms with Gasteiger partial charge in [0.2, 0.25) is 11.8 Å². The molecule has 1 atom stereocenters. The van der Waals surface area contributed by atoms with Gasteiger partial charge in [-0.2, -0.15) is 0 Å². The lowest BCUT2D eigenvalue weighted by Gasteiger charge is -2.18. The number of carbonyl (C=O) groups excluding carboxylic acids is 2. The Kier molecular flexibility index (Phi) is 6.35. The van der Waals surface area contributed by atoms with Crippen LogP contribution >= 0.6 is 0 Å². The van der Waals surface area contributed by atoms with Gasteiger partial charge in [-0.3, -0.25) is 19.0 Å². The van der Waals surface area contributed by atoms with Gasteiger partial charge in [0.15, 0.2) is 0 Å². The summed E-state index contributed by atoms with van der Waals surface area (Å²) < 4.78 is 1.62. The van der Waals surface area contributed by atoms with E-state index < -0.39 is 0 Å². The van der Waals surface area contributed by atoms with Crippen molar-refractivity contribution in [2.75, 3.05) is 18.4 Å². The molecule has 0 spiro atoms. The first kappa shape index (κ1) is 21.0. The number of anilines is 1. The molecular formula is C22H30N4O3. The number of hydrogen-bond donors (Lipinski definition) is 1. The van der Waals surface area contributed by atoms with Gasteiger partial charge in [0.05, 0.1) is 23.1 Å². The molecule has 1 aliphatic heterocycles. The molecule has 0 saturated carbocycles. The molecule has 0 radical (unpaired) electrons. The number of aryl methyl sites for hydroxylation is 1. The fourth-order valence-electron chi connectivity index (χ4n) is 3.60. The minimum absolute atomic E-state index is 0.0228. The highest BCUT2D eigenvalue weighted by molar-refractivity contribution is 5.98. The quantitative estimate of drug-likeness (QED) is 0.777. The summed E-state index contributed by atoms with van der Waals surface area (Å²) in [6.07, 6.45) is 2.71. The predicted molar refractivity (Wildman–Crippen MR) is 114 cm³/mol. The van der Waals surface area contributed by atoms with Gasteiger partial charge < -0.3 is 10.2 Å². The topological polar surface area (TPSA) is 84.3 Å². The van der Waals surface area contributed by atoms with Crippen LogP contribution in [0.1, 0.15) is 40.5 Å². The number of amides is 2. The number of hydrogen-bond acceptors (Lipinski definition) is 4. The summed E-state index contributed by atoms with van der Waals surface area (Å²) >= 11 is 0. The maximum absolute atomic E-state index is 12.8. The van der Waals surface area contributed by atoms with Crippen molar-refractivity contribution in [3.8, 4) is 0 Å². The van der Waals surface area contributed by atoms with Gasteiger partial charge in [0.1, 0.15) is 0 Å². The smallest absolute Gasteiger partial charge is 0.261 e. The summed E-state index contributed by atoms with van der Waals surface area (Å²) in [6, 6.07) is 5.16. The minimum Gasteiger partial charge on any atom is -0.342 e. The van der Waals surface area contributed by atoms with Crippen molar-refractivity contribution in [1.29, 1.82) is 0 Å². The number of aromatic nitrogens is 2. The first-order valence-electron chi connectivity index (χ1n) is 10.3. The SMILES string of the molecule is CC(C)CCn1cnc2ccc(NC(=O)C3CC(=O)N(CC(C)C)C3)cc2c1=O. The molecule has 29 heavy (non-hydrogen) atoms. The van der Waals surface area contributed by atoms with Crippen LogP contribution in [0.25, 0.3) is 10.9 Å². The highest BCUT2D eigenvalue weighted by atomic mass is 16.2. The molecule has 156 valence electrons. The van der Waals surface area contributed by atoms with E-state index in [0.29, 0.717) is 48.1 Å². The molecule has 2 heterocycles. The normalized spacial score (nSPS) is 17.0. The molecular weight excluding hydrogens is 368 g/mol. The Morgan fingerprint density at radius 2 is 1.97 bits per heavy atom. The summed E-state index contributed by atoms with van der Waals surface area (Å²) in [4.78, 5) is 43.7. The molecule has 0 aliphatic carbocycles. The highest BCUT2D eigenvalue weighted by Gasteiger charge is 2.34. The first-order valence-corrected chi connectivity index (χ1v) is 10.3. The Morgan fingerprint density at radius 3 is 2.66 bits per heavy atom. The van der Waals surface area contributed by atoms with E-state index in [2.05, 4.69) is 38.0 Å². The third-order valence-electron chi connectivity index (χ3n) is 5.21. The Hall–Kier alpha value is -2.70. The van der Waals surface area contributed by atoms with Gasteiger partial charge in [-0.15, -0.1) is 0 Å². The van der Waals surface area contributed by atoms with Crippen molar-refractivity contribution in [3.63, 3.8) is 0 Å². The van der Waals surface area contributed by atoms with Gasteiger partial charge in [-0.05, 0) is 36.5 Å². The third-order valence-corrected chi connectivity index (χ3v) is 5.21. The zero-order valence-corrected chi connectivity index (χ0v) is 17.6.